The van der Waals surface area contributed by atoms with Crippen LogP contribution in [-0.2, 0) is 14.1 Å². The van der Waals surface area contributed by atoms with E-state index in [1.165, 1.54) is 99.3 Å². The molecule has 1 aliphatic carbocycles. The van der Waals surface area contributed by atoms with Gasteiger partial charge in [0.25, 0.3) is 11.4 Å². The van der Waals surface area contributed by atoms with Crippen LogP contribution < -0.4 is 9.13 Å². The van der Waals surface area contributed by atoms with Crippen LogP contribution in [0.5, 0.6) is 0 Å². The van der Waals surface area contributed by atoms with Crippen molar-refractivity contribution in [3.05, 3.63) is 119 Å². The molecule has 0 saturated heterocycles. The monoisotopic (exact) mass is 538 g/mol. The summed E-state index contributed by atoms with van der Waals surface area (Å²) >= 11 is 0. The van der Waals surface area contributed by atoms with E-state index in [1.807, 2.05) is 0 Å². The van der Waals surface area contributed by atoms with Gasteiger partial charge in [-0.2, -0.15) is 9.13 Å². The Hall–Kier alpha value is -4.04. The highest BCUT2D eigenvalue weighted by molar-refractivity contribution is 5.78. The summed E-state index contributed by atoms with van der Waals surface area (Å²) in [5, 5.41) is 0. The molecule has 2 heterocycles. The average molecular weight is 539 g/mol. The summed E-state index contributed by atoms with van der Waals surface area (Å²) in [7, 11) is 4.31. The highest BCUT2D eigenvalue weighted by Crippen LogP contribution is 2.36. The van der Waals surface area contributed by atoms with Crippen LogP contribution in [0, 0.1) is 20.8 Å². The summed E-state index contributed by atoms with van der Waals surface area (Å²) < 4.78 is 4.55. The van der Waals surface area contributed by atoms with E-state index in [1.54, 1.807) is 0 Å². The van der Waals surface area contributed by atoms with Crippen molar-refractivity contribution in [3.63, 3.8) is 0 Å². The normalized spacial score (nSPS) is 13.9. The molecule has 1 fully saturated rings. The second kappa shape index (κ2) is 11.4. The van der Waals surface area contributed by atoms with Crippen molar-refractivity contribution in [2.24, 2.45) is 14.1 Å². The minimum atomic E-state index is 0.747. The van der Waals surface area contributed by atoms with Gasteiger partial charge in [0, 0.05) is 29.8 Å². The molecule has 0 atom stereocenters. The number of aryl methyl sites for hydroxylation is 4. The maximum Gasteiger partial charge on any atom is 0.277 e. The first kappa shape index (κ1) is 27.1. The first-order chi connectivity index (χ1) is 19.9. The molecule has 41 heavy (non-hydrogen) atoms. The second-order valence-corrected chi connectivity index (χ2v) is 12.0. The number of benzene rings is 3. The van der Waals surface area contributed by atoms with E-state index in [0.717, 1.165) is 5.92 Å². The van der Waals surface area contributed by atoms with Crippen molar-refractivity contribution in [3.8, 4) is 44.9 Å². The van der Waals surface area contributed by atoms with E-state index < -0.39 is 0 Å². The van der Waals surface area contributed by atoms with Crippen LogP contribution in [0.4, 0.5) is 0 Å². The van der Waals surface area contributed by atoms with Crippen LogP contribution in [0.25, 0.3) is 44.9 Å². The molecule has 2 aromatic heterocycles. The van der Waals surface area contributed by atoms with Crippen molar-refractivity contribution < 1.29 is 9.13 Å². The molecule has 2 heteroatoms. The number of aromatic nitrogens is 2. The van der Waals surface area contributed by atoms with E-state index in [4.69, 9.17) is 0 Å². The van der Waals surface area contributed by atoms with Gasteiger partial charge in [0.05, 0.1) is 0 Å². The quantitative estimate of drug-likeness (QED) is 0.197. The van der Waals surface area contributed by atoms with E-state index in [0.29, 0.717) is 0 Å². The highest BCUT2D eigenvalue weighted by atomic mass is 15.0. The van der Waals surface area contributed by atoms with Gasteiger partial charge in [-0.15, -0.1) is 0 Å². The predicted octanol–water partition coefficient (Wildman–Crippen LogP) is 8.98. The van der Waals surface area contributed by atoms with Crippen LogP contribution in [0.3, 0.4) is 0 Å². The third-order valence-corrected chi connectivity index (χ3v) is 9.21. The molecule has 0 bridgehead atoms. The van der Waals surface area contributed by atoms with Gasteiger partial charge in [-0.3, -0.25) is 0 Å². The van der Waals surface area contributed by atoms with Crippen molar-refractivity contribution >= 4 is 0 Å². The lowest BCUT2D eigenvalue weighted by Gasteiger charge is -2.22. The molecule has 5 aromatic rings. The zero-order valence-electron chi connectivity index (χ0n) is 25.2. The Morgan fingerprint density at radius 2 is 1.24 bits per heavy atom. The molecule has 3 aromatic carbocycles. The maximum atomic E-state index is 2.37. The van der Waals surface area contributed by atoms with Crippen LogP contribution in [-0.4, -0.2) is 0 Å². The smallest absolute Gasteiger partial charge is 0.196 e. The van der Waals surface area contributed by atoms with Gasteiger partial charge in [0.1, 0.15) is 14.1 Å². The maximum absolute atomic E-state index is 2.37. The molecule has 1 aliphatic rings. The largest absolute Gasteiger partial charge is 0.277 e. The minimum Gasteiger partial charge on any atom is -0.196 e. The van der Waals surface area contributed by atoms with E-state index in [2.05, 4.69) is 141 Å². The minimum absolute atomic E-state index is 0.747. The SMILES string of the molecule is Cc1ccccc1-c1cccc(-c2cc(-c3c(C)cc(-c4ccc(C5CCCCC5)cc4)cc3C)cc[n+]2C)[n+]1C. The Bertz CT molecular complexity index is 1680. The summed E-state index contributed by atoms with van der Waals surface area (Å²) in [6, 6.07) is 34.0. The molecule has 0 spiro atoms. The molecular formula is C39H42N2+2. The third-order valence-electron chi connectivity index (χ3n) is 9.21. The average Bonchev–Trinajstić information content (AvgIpc) is 2.99. The number of nitrogens with zero attached hydrogens (tertiary/aromatic N) is 2. The zero-order valence-corrected chi connectivity index (χ0v) is 25.2. The topological polar surface area (TPSA) is 7.76 Å². The molecule has 6 rings (SSSR count). The van der Waals surface area contributed by atoms with Gasteiger partial charge in [-0.05, 0) is 96.2 Å². The van der Waals surface area contributed by atoms with Crippen molar-refractivity contribution in [2.45, 2.75) is 58.8 Å². The third kappa shape index (κ3) is 5.36. The van der Waals surface area contributed by atoms with Crippen molar-refractivity contribution in [1.29, 1.82) is 0 Å². The predicted molar refractivity (Wildman–Crippen MR) is 171 cm³/mol. The number of rotatable bonds is 5. The Balaban J connectivity index is 1.35. The fourth-order valence-corrected chi connectivity index (χ4v) is 6.92. The molecule has 0 unspecified atom stereocenters. The fraction of sp³-hybridized carbons (Fsp3) is 0.282. The van der Waals surface area contributed by atoms with Crippen molar-refractivity contribution in [2.75, 3.05) is 0 Å². The molecule has 0 aliphatic heterocycles. The van der Waals surface area contributed by atoms with E-state index in [-0.39, 0.29) is 0 Å². The Morgan fingerprint density at radius 1 is 0.561 bits per heavy atom. The Labute approximate surface area is 246 Å². The van der Waals surface area contributed by atoms with E-state index >= 15 is 0 Å². The highest BCUT2D eigenvalue weighted by Gasteiger charge is 2.25. The van der Waals surface area contributed by atoms with Gasteiger partial charge in [0.15, 0.2) is 6.20 Å². The number of pyridine rings is 2. The molecule has 0 radical (unpaired) electrons. The number of hydrogen-bond donors (Lipinski definition) is 0. The Morgan fingerprint density at radius 3 is 1.95 bits per heavy atom. The molecule has 206 valence electrons. The van der Waals surface area contributed by atoms with Gasteiger partial charge in [-0.25, -0.2) is 0 Å². The van der Waals surface area contributed by atoms with Crippen LogP contribution in [0.1, 0.15) is 60.3 Å². The van der Waals surface area contributed by atoms with Gasteiger partial charge >= 0.3 is 0 Å². The standard InChI is InChI=1S/C39H42N2/c1-27-12-9-10-15-35(27)36-16-11-17-37(41(36)5)38-26-33(22-23-40(38)4)39-28(2)24-34(25-29(39)3)32-20-18-31(19-21-32)30-13-7-6-8-14-30/h9-12,15-26,30H,6-8,13-14H2,1-5H3/q+2. The summed E-state index contributed by atoms with van der Waals surface area (Å²) in [5.41, 5.74) is 15.5. The number of hydrogen-bond acceptors (Lipinski definition) is 0. The van der Waals surface area contributed by atoms with Crippen LogP contribution in [0.2, 0.25) is 0 Å². The van der Waals surface area contributed by atoms with Crippen LogP contribution >= 0.6 is 0 Å². The zero-order chi connectivity index (χ0) is 28.5. The van der Waals surface area contributed by atoms with E-state index in [9.17, 15) is 0 Å². The van der Waals surface area contributed by atoms with Gasteiger partial charge in [-0.1, -0.05) is 73.9 Å². The summed E-state index contributed by atoms with van der Waals surface area (Å²) in [5.74, 6) is 0.747. The Kier molecular flexibility index (Phi) is 7.58. The lowest BCUT2D eigenvalue weighted by molar-refractivity contribution is -0.685. The fourth-order valence-electron chi connectivity index (χ4n) is 6.92. The molecule has 0 amide bonds. The lowest BCUT2D eigenvalue weighted by Crippen LogP contribution is -2.40. The molecule has 1 saturated carbocycles. The first-order valence-corrected chi connectivity index (χ1v) is 15.2. The molecule has 2 nitrogen and oxygen atoms in total. The van der Waals surface area contributed by atoms with Crippen LogP contribution in [0.15, 0.2) is 97.2 Å². The van der Waals surface area contributed by atoms with Gasteiger partial charge < -0.3 is 0 Å². The summed E-state index contributed by atoms with van der Waals surface area (Å²) in [6.07, 6.45) is 9.04. The summed E-state index contributed by atoms with van der Waals surface area (Å²) in [6.45, 7) is 6.70. The van der Waals surface area contributed by atoms with Crippen molar-refractivity contribution in [1.82, 2.24) is 0 Å². The first-order valence-electron chi connectivity index (χ1n) is 15.2. The second-order valence-electron chi connectivity index (χ2n) is 12.0. The molecule has 0 N–H and O–H groups in total. The van der Waals surface area contributed by atoms with Gasteiger partial charge in [0.2, 0.25) is 5.69 Å². The molecular weight excluding hydrogens is 496 g/mol. The summed E-state index contributed by atoms with van der Waals surface area (Å²) in [4.78, 5) is 0. The lowest BCUT2D eigenvalue weighted by atomic mass is 9.83.